The topological polar surface area (TPSA) is 33.0 Å². The van der Waals surface area contributed by atoms with Crippen molar-refractivity contribution in [3.63, 3.8) is 0 Å². The second-order valence-corrected chi connectivity index (χ2v) is 8.22. The maximum Gasteiger partial charge on any atom is 0.0807 e. The zero-order chi connectivity index (χ0) is 16.5. The van der Waals surface area contributed by atoms with Crippen LogP contribution in [0.1, 0.15) is 97.3 Å². The summed E-state index contributed by atoms with van der Waals surface area (Å²) in [4.78, 5) is 0. The van der Waals surface area contributed by atoms with Crippen molar-refractivity contribution in [1.29, 1.82) is 5.26 Å². The summed E-state index contributed by atoms with van der Waals surface area (Å²) in [5.74, 6) is 1.79. The van der Waals surface area contributed by atoms with Crippen LogP contribution >= 0.6 is 0 Å². The first-order valence-electron chi connectivity index (χ1n) is 10.2. The third-order valence-corrected chi connectivity index (χ3v) is 6.35. The Bertz CT molecular complexity index is 357. The molecule has 0 spiro atoms. The van der Waals surface area contributed by atoms with Crippen molar-refractivity contribution < 1.29 is 4.74 Å². The molecular formula is C21H37NO. The molecular weight excluding hydrogens is 282 g/mol. The van der Waals surface area contributed by atoms with Gasteiger partial charge in [0.15, 0.2) is 0 Å². The maximum absolute atomic E-state index is 9.70. The summed E-state index contributed by atoms with van der Waals surface area (Å²) < 4.78 is 6.24. The largest absolute Gasteiger partial charge is 0.377 e. The fourth-order valence-electron chi connectivity index (χ4n) is 4.57. The third-order valence-electron chi connectivity index (χ3n) is 6.35. The van der Waals surface area contributed by atoms with Crippen molar-refractivity contribution in [1.82, 2.24) is 0 Å². The van der Waals surface area contributed by atoms with Crippen LogP contribution in [-0.2, 0) is 4.74 Å². The Balaban J connectivity index is 1.70. The second-order valence-electron chi connectivity index (χ2n) is 8.22. The highest BCUT2D eigenvalue weighted by atomic mass is 16.5. The van der Waals surface area contributed by atoms with Gasteiger partial charge in [0, 0.05) is 0 Å². The quantitative estimate of drug-likeness (QED) is 0.529. The fourth-order valence-corrected chi connectivity index (χ4v) is 4.57. The Morgan fingerprint density at radius 3 is 2.13 bits per heavy atom. The molecule has 2 heteroatoms. The molecule has 0 aromatic heterocycles. The van der Waals surface area contributed by atoms with Crippen LogP contribution in [0.15, 0.2) is 0 Å². The molecule has 2 nitrogen and oxygen atoms in total. The Morgan fingerprint density at radius 2 is 1.57 bits per heavy atom. The van der Waals surface area contributed by atoms with Crippen molar-refractivity contribution in [3.8, 4) is 6.07 Å². The van der Waals surface area contributed by atoms with Gasteiger partial charge in [-0.1, -0.05) is 46.0 Å². The van der Waals surface area contributed by atoms with Crippen molar-refractivity contribution in [2.24, 2.45) is 17.3 Å². The van der Waals surface area contributed by atoms with Gasteiger partial charge in [-0.25, -0.2) is 0 Å². The molecule has 0 bridgehead atoms. The predicted molar refractivity (Wildman–Crippen MR) is 96.1 cm³/mol. The fraction of sp³-hybridized carbons (Fsp3) is 0.952. The van der Waals surface area contributed by atoms with Gasteiger partial charge in [0.1, 0.15) is 0 Å². The summed E-state index contributed by atoms with van der Waals surface area (Å²) in [6, 6.07) is 2.63. The van der Waals surface area contributed by atoms with E-state index >= 15 is 0 Å². The van der Waals surface area contributed by atoms with E-state index in [1.807, 2.05) is 0 Å². The monoisotopic (exact) mass is 319 g/mol. The zero-order valence-corrected chi connectivity index (χ0v) is 15.5. The summed E-state index contributed by atoms with van der Waals surface area (Å²) in [5, 5.41) is 9.70. The van der Waals surface area contributed by atoms with E-state index in [2.05, 4.69) is 19.9 Å². The van der Waals surface area contributed by atoms with Crippen molar-refractivity contribution in [2.45, 2.75) is 103 Å². The second kappa shape index (κ2) is 9.67. The lowest BCUT2D eigenvalue weighted by Gasteiger charge is -2.37. The number of hydrogen-bond donors (Lipinski definition) is 0. The highest BCUT2D eigenvalue weighted by Crippen LogP contribution is 2.41. The van der Waals surface area contributed by atoms with Crippen LogP contribution in [-0.4, -0.2) is 12.7 Å². The maximum atomic E-state index is 9.70. The molecule has 0 heterocycles. The Labute approximate surface area is 144 Å². The lowest BCUT2D eigenvalue weighted by Crippen LogP contribution is -2.33. The molecule has 0 unspecified atom stereocenters. The van der Waals surface area contributed by atoms with Gasteiger partial charge in [-0.05, 0) is 63.2 Å². The number of nitrogens with zero attached hydrogens (tertiary/aromatic N) is 1. The van der Waals surface area contributed by atoms with Crippen LogP contribution in [0.2, 0.25) is 0 Å². The average Bonchev–Trinajstić information content (AvgIpc) is 2.61. The molecule has 0 aromatic rings. The van der Waals surface area contributed by atoms with Crippen LogP contribution < -0.4 is 0 Å². The number of nitriles is 1. The molecule has 2 saturated carbocycles. The lowest BCUT2D eigenvalue weighted by atomic mass is 9.71. The average molecular weight is 320 g/mol. The van der Waals surface area contributed by atoms with E-state index < -0.39 is 0 Å². The van der Waals surface area contributed by atoms with Gasteiger partial charge < -0.3 is 4.74 Å². The summed E-state index contributed by atoms with van der Waals surface area (Å²) in [7, 11) is 0. The van der Waals surface area contributed by atoms with Crippen LogP contribution in [0, 0.1) is 28.6 Å². The molecule has 23 heavy (non-hydrogen) atoms. The Morgan fingerprint density at radius 1 is 0.913 bits per heavy atom. The first-order valence-corrected chi connectivity index (χ1v) is 10.2. The van der Waals surface area contributed by atoms with Crippen LogP contribution in [0.5, 0.6) is 0 Å². The van der Waals surface area contributed by atoms with Crippen LogP contribution in [0.4, 0.5) is 0 Å². The smallest absolute Gasteiger partial charge is 0.0807 e. The minimum atomic E-state index is -0.177. The summed E-state index contributed by atoms with van der Waals surface area (Å²) in [6.45, 7) is 5.24. The molecule has 0 N–H and O–H groups in total. The summed E-state index contributed by atoms with van der Waals surface area (Å²) in [6.07, 6.45) is 16.8. The molecule has 0 aromatic carbocycles. The number of rotatable bonds is 8. The highest BCUT2D eigenvalue weighted by Gasteiger charge is 2.36. The number of unbranched alkanes of at least 4 members (excludes halogenated alkanes) is 1. The number of ether oxygens (including phenoxy) is 1. The number of hydrogen-bond acceptors (Lipinski definition) is 2. The first-order chi connectivity index (χ1) is 11.2. The Kier molecular flexibility index (Phi) is 7.90. The zero-order valence-electron chi connectivity index (χ0n) is 15.5. The van der Waals surface area contributed by atoms with Gasteiger partial charge in [0.25, 0.3) is 0 Å². The SMILES string of the molecule is CCCCC1CCC(OCC2(C#N)CCC(CCC)CC2)CC1. The molecule has 2 rings (SSSR count). The standard InChI is InChI=1S/C21H37NO/c1-3-5-7-19-8-10-20(11-9-19)23-17-21(16-22)14-12-18(6-4-2)13-15-21/h18-20H,3-15,17H2,1-2H3. The molecule has 2 fully saturated rings. The molecule has 0 amide bonds. The van der Waals surface area contributed by atoms with Crippen LogP contribution in [0.3, 0.4) is 0 Å². The van der Waals surface area contributed by atoms with Gasteiger partial charge in [-0.2, -0.15) is 5.26 Å². The molecule has 2 aliphatic carbocycles. The summed E-state index contributed by atoms with van der Waals surface area (Å²) >= 11 is 0. The lowest BCUT2D eigenvalue weighted by molar-refractivity contribution is -0.0299. The molecule has 2 aliphatic rings. The van der Waals surface area contributed by atoms with Crippen molar-refractivity contribution in [2.75, 3.05) is 6.61 Å². The van der Waals surface area contributed by atoms with Gasteiger partial charge in [0.05, 0.1) is 24.2 Å². The van der Waals surface area contributed by atoms with E-state index in [1.165, 1.54) is 70.6 Å². The molecule has 0 radical (unpaired) electrons. The van der Waals surface area contributed by atoms with E-state index in [9.17, 15) is 5.26 Å². The predicted octanol–water partition coefficient (Wildman–Crippen LogP) is 6.25. The minimum absolute atomic E-state index is 0.177. The van der Waals surface area contributed by atoms with E-state index in [4.69, 9.17) is 4.74 Å². The first kappa shape index (κ1) is 18.8. The van der Waals surface area contributed by atoms with Gasteiger partial charge in [-0.15, -0.1) is 0 Å². The minimum Gasteiger partial charge on any atom is -0.377 e. The van der Waals surface area contributed by atoms with Crippen LogP contribution in [0.25, 0.3) is 0 Å². The molecule has 0 aliphatic heterocycles. The highest BCUT2D eigenvalue weighted by molar-refractivity contribution is 5.02. The molecule has 0 atom stereocenters. The Hall–Kier alpha value is -0.550. The van der Waals surface area contributed by atoms with Crippen molar-refractivity contribution in [3.05, 3.63) is 0 Å². The normalized spacial score (nSPS) is 34.9. The van der Waals surface area contributed by atoms with E-state index in [-0.39, 0.29) is 5.41 Å². The molecule has 0 saturated heterocycles. The van der Waals surface area contributed by atoms with E-state index in [0.717, 1.165) is 24.7 Å². The third kappa shape index (κ3) is 5.79. The van der Waals surface area contributed by atoms with Crippen molar-refractivity contribution >= 4 is 0 Å². The molecule has 132 valence electrons. The van der Waals surface area contributed by atoms with Gasteiger partial charge >= 0.3 is 0 Å². The summed E-state index contributed by atoms with van der Waals surface area (Å²) in [5.41, 5.74) is -0.177. The van der Waals surface area contributed by atoms with Gasteiger partial charge in [-0.3, -0.25) is 0 Å². The van der Waals surface area contributed by atoms with Gasteiger partial charge in [0.2, 0.25) is 0 Å². The van der Waals surface area contributed by atoms with E-state index in [1.54, 1.807) is 0 Å². The van der Waals surface area contributed by atoms with E-state index in [0.29, 0.717) is 12.7 Å².